The third kappa shape index (κ3) is 6.15. The van der Waals surface area contributed by atoms with E-state index in [1.807, 2.05) is 4.57 Å². The molecule has 2 aromatic rings. The summed E-state index contributed by atoms with van der Waals surface area (Å²) < 4.78 is 2.01. The van der Waals surface area contributed by atoms with E-state index in [0.717, 1.165) is 37.8 Å². The van der Waals surface area contributed by atoms with Gasteiger partial charge < -0.3 is 15.2 Å². The molecule has 0 aliphatic heterocycles. The predicted molar refractivity (Wildman–Crippen MR) is 106 cm³/mol. The molecule has 2 N–H and O–H groups in total. The fraction of sp³-hybridized carbons (Fsp3) is 0.526. The predicted octanol–water partition coefficient (Wildman–Crippen LogP) is 1.87. The molecule has 0 amide bonds. The molecule has 1 aromatic heterocycles. The fourth-order valence-corrected chi connectivity index (χ4v) is 2.71. The van der Waals surface area contributed by atoms with Gasteiger partial charge in [-0.1, -0.05) is 30.3 Å². The van der Waals surface area contributed by atoms with Crippen LogP contribution in [0, 0.1) is 0 Å². The molecule has 0 aliphatic rings. The molecule has 1 unspecified atom stereocenters. The number of hydrogen-bond donors (Lipinski definition) is 2. The Hall–Kier alpha value is -2.41. The summed E-state index contributed by atoms with van der Waals surface area (Å²) in [5, 5.41) is 14.7. The first kappa shape index (κ1) is 19.9. The van der Waals surface area contributed by atoms with E-state index in [1.165, 1.54) is 5.56 Å². The van der Waals surface area contributed by atoms with E-state index in [9.17, 15) is 0 Å². The Kier molecular flexibility index (Phi) is 8.08. The van der Waals surface area contributed by atoms with Crippen molar-refractivity contribution >= 4 is 5.96 Å². The van der Waals surface area contributed by atoms with Crippen molar-refractivity contribution in [2.45, 2.75) is 45.9 Å². The van der Waals surface area contributed by atoms with E-state index in [-0.39, 0.29) is 0 Å². The molecule has 7 nitrogen and oxygen atoms in total. The lowest BCUT2D eigenvalue weighted by molar-refractivity contribution is 0.238. The standard InChI is InChI=1S/C19H31N7/c1-5-26-15-23-24-18(26)13-22-19(20-3)21-12-11-16(2)25(4)14-17-9-7-6-8-10-17/h6-10,15-16H,5,11-14H2,1-4H3,(H2,20,21,22). The monoisotopic (exact) mass is 357 g/mol. The highest BCUT2D eigenvalue weighted by molar-refractivity contribution is 5.79. The summed E-state index contributed by atoms with van der Waals surface area (Å²) in [6.07, 6.45) is 2.78. The normalized spacial score (nSPS) is 13.0. The number of guanidine groups is 1. The molecule has 0 spiro atoms. The van der Waals surface area contributed by atoms with Crippen molar-refractivity contribution < 1.29 is 0 Å². The van der Waals surface area contributed by atoms with Crippen molar-refractivity contribution in [3.05, 3.63) is 48.0 Å². The Balaban J connectivity index is 1.71. The van der Waals surface area contributed by atoms with Crippen LogP contribution in [-0.2, 0) is 19.6 Å². The molecular formula is C19H31N7. The van der Waals surface area contributed by atoms with Crippen LogP contribution >= 0.6 is 0 Å². The molecule has 0 fully saturated rings. The Labute approximate surface area is 156 Å². The minimum Gasteiger partial charge on any atom is -0.356 e. The number of nitrogens with zero attached hydrogens (tertiary/aromatic N) is 5. The zero-order valence-corrected chi connectivity index (χ0v) is 16.3. The minimum absolute atomic E-state index is 0.476. The van der Waals surface area contributed by atoms with Crippen LogP contribution in [0.4, 0.5) is 0 Å². The molecule has 26 heavy (non-hydrogen) atoms. The number of nitrogens with one attached hydrogen (secondary N) is 2. The number of hydrogen-bond acceptors (Lipinski definition) is 4. The summed E-state index contributed by atoms with van der Waals surface area (Å²) >= 11 is 0. The maximum atomic E-state index is 4.28. The largest absolute Gasteiger partial charge is 0.356 e. The quantitative estimate of drug-likeness (QED) is 0.530. The Morgan fingerprint density at radius 1 is 1.27 bits per heavy atom. The van der Waals surface area contributed by atoms with Crippen molar-refractivity contribution in [3.63, 3.8) is 0 Å². The van der Waals surface area contributed by atoms with Gasteiger partial charge >= 0.3 is 0 Å². The van der Waals surface area contributed by atoms with E-state index < -0.39 is 0 Å². The molecule has 0 saturated carbocycles. The minimum atomic E-state index is 0.476. The summed E-state index contributed by atoms with van der Waals surface area (Å²) in [6, 6.07) is 11.0. The SMILES string of the molecule is CCn1cnnc1CNC(=NC)NCCC(C)N(C)Cc1ccccc1. The molecule has 0 radical (unpaired) electrons. The average molecular weight is 358 g/mol. The van der Waals surface area contributed by atoms with Crippen LogP contribution in [0.3, 0.4) is 0 Å². The number of aryl methyl sites for hydroxylation is 1. The molecule has 0 saturated heterocycles. The van der Waals surface area contributed by atoms with E-state index >= 15 is 0 Å². The second kappa shape index (κ2) is 10.6. The van der Waals surface area contributed by atoms with Gasteiger partial charge in [-0.25, -0.2) is 0 Å². The third-order valence-corrected chi connectivity index (χ3v) is 4.56. The van der Waals surface area contributed by atoms with Crippen LogP contribution in [0.25, 0.3) is 0 Å². The van der Waals surface area contributed by atoms with Gasteiger partial charge in [-0.2, -0.15) is 0 Å². The summed E-state index contributed by atoms with van der Waals surface area (Å²) in [5.41, 5.74) is 1.34. The Bertz CT molecular complexity index is 666. The van der Waals surface area contributed by atoms with E-state index in [1.54, 1.807) is 13.4 Å². The first-order chi connectivity index (χ1) is 12.6. The molecule has 1 atom stereocenters. The molecule has 0 aliphatic carbocycles. The van der Waals surface area contributed by atoms with E-state index in [4.69, 9.17) is 0 Å². The molecule has 1 heterocycles. The number of aliphatic imine (C=N–C) groups is 1. The number of benzene rings is 1. The molecule has 2 rings (SSSR count). The lowest BCUT2D eigenvalue weighted by Gasteiger charge is -2.25. The summed E-state index contributed by atoms with van der Waals surface area (Å²) in [5.74, 6) is 1.69. The van der Waals surface area contributed by atoms with Crippen LogP contribution in [-0.4, -0.2) is 52.3 Å². The zero-order chi connectivity index (χ0) is 18.8. The maximum Gasteiger partial charge on any atom is 0.191 e. The van der Waals surface area contributed by atoms with E-state index in [2.05, 4.69) is 82.0 Å². The maximum absolute atomic E-state index is 4.28. The van der Waals surface area contributed by atoms with Gasteiger partial charge in [0.15, 0.2) is 11.8 Å². The molecule has 0 bridgehead atoms. The van der Waals surface area contributed by atoms with Gasteiger partial charge in [0.05, 0.1) is 6.54 Å². The molecule has 142 valence electrons. The number of aromatic nitrogens is 3. The third-order valence-electron chi connectivity index (χ3n) is 4.56. The second-order valence-corrected chi connectivity index (χ2v) is 6.42. The molecule has 1 aromatic carbocycles. The van der Waals surface area contributed by atoms with Crippen molar-refractivity contribution in [1.82, 2.24) is 30.3 Å². The van der Waals surface area contributed by atoms with Gasteiger partial charge in [0.2, 0.25) is 0 Å². The lowest BCUT2D eigenvalue weighted by Crippen LogP contribution is -2.40. The van der Waals surface area contributed by atoms with Crippen LogP contribution in [0.1, 0.15) is 31.7 Å². The van der Waals surface area contributed by atoms with Crippen molar-refractivity contribution in [1.29, 1.82) is 0 Å². The smallest absolute Gasteiger partial charge is 0.191 e. The van der Waals surface area contributed by atoms with Gasteiger partial charge in [0, 0.05) is 32.7 Å². The first-order valence-electron chi connectivity index (χ1n) is 9.19. The number of rotatable bonds is 9. The highest BCUT2D eigenvalue weighted by atomic mass is 15.3. The van der Waals surface area contributed by atoms with Crippen LogP contribution in [0.5, 0.6) is 0 Å². The highest BCUT2D eigenvalue weighted by Crippen LogP contribution is 2.07. The summed E-state index contributed by atoms with van der Waals surface area (Å²) in [6.45, 7) is 7.62. The van der Waals surface area contributed by atoms with Gasteiger partial charge in [-0.3, -0.25) is 9.89 Å². The lowest BCUT2D eigenvalue weighted by atomic mass is 10.1. The summed E-state index contributed by atoms with van der Waals surface area (Å²) in [7, 11) is 3.95. The molecular weight excluding hydrogens is 326 g/mol. The second-order valence-electron chi connectivity index (χ2n) is 6.42. The van der Waals surface area contributed by atoms with E-state index in [0.29, 0.717) is 12.6 Å². The first-order valence-corrected chi connectivity index (χ1v) is 9.19. The van der Waals surface area contributed by atoms with Crippen LogP contribution < -0.4 is 10.6 Å². The fourth-order valence-electron chi connectivity index (χ4n) is 2.71. The Morgan fingerprint density at radius 2 is 2.04 bits per heavy atom. The van der Waals surface area contributed by atoms with Crippen molar-refractivity contribution in [2.75, 3.05) is 20.6 Å². The zero-order valence-electron chi connectivity index (χ0n) is 16.3. The molecule has 7 heteroatoms. The summed E-state index contributed by atoms with van der Waals surface area (Å²) in [4.78, 5) is 6.65. The van der Waals surface area contributed by atoms with Gasteiger partial charge in [0.1, 0.15) is 6.33 Å². The van der Waals surface area contributed by atoms with Gasteiger partial charge in [-0.15, -0.1) is 10.2 Å². The Morgan fingerprint density at radius 3 is 2.73 bits per heavy atom. The van der Waals surface area contributed by atoms with Crippen molar-refractivity contribution in [2.24, 2.45) is 4.99 Å². The van der Waals surface area contributed by atoms with Crippen LogP contribution in [0.15, 0.2) is 41.7 Å². The average Bonchev–Trinajstić information content (AvgIpc) is 3.12. The van der Waals surface area contributed by atoms with Gasteiger partial charge in [-0.05, 0) is 32.9 Å². The van der Waals surface area contributed by atoms with Crippen LogP contribution in [0.2, 0.25) is 0 Å². The topological polar surface area (TPSA) is 70.4 Å². The van der Waals surface area contributed by atoms with Crippen molar-refractivity contribution in [3.8, 4) is 0 Å². The van der Waals surface area contributed by atoms with Gasteiger partial charge in [0.25, 0.3) is 0 Å². The highest BCUT2D eigenvalue weighted by Gasteiger charge is 2.10.